The highest BCUT2D eigenvalue weighted by atomic mass is 19.3. The molecular weight excluding hydrogens is 447 g/mol. The molecule has 3 fully saturated rings. The Kier molecular flexibility index (Phi) is 6.65. The van der Waals surface area contributed by atoms with Crippen LogP contribution >= 0.6 is 0 Å². The molecule has 0 atom stereocenters. The number of aromatic amines is 1. The van der Waals surface area contributed by atoms with Gasteiger partial charge in [0, 0.05) is 82.4 Å². The second kappa shape index (κ2) is 9.69. The third-order valence-corrected chi connectivity index (χ3v) is 6.81. The van der Waals surface area contributed by atoms with Crippen LogP contribution < -0.4 is 10.2 Å². The third kappa shape index (κ3) is 5.30. The molecule has 2 aromatic heterocycles. The van der Waals surface area contributed by atoms with Crippen LogP contribution in [0.1, 0.15) is 62.4 Å². The Bertz CT molecular complexity index is 981. The van der Waals surface area contributed by atoms with Crippen LogP contribution in [-0.2, 0) is 4.74 Å². The number of hydrogen-bond acceptors (Lipinski definition) is 7. The van der Waals surface area contributed by atoms with Gasteiger partial charge in [-0.25, -0.2) is 18.7 Å². The Labute approximate surface area is 197 Å². The maximum Gasteiger partial charge on any atom is 0.249 e. The van der Waals surface area contributed by atoms with Crippen molar-refractivity contribution in [3.8, 4) is 0 Å². The van der Waals surface area contributed by atoms with Gasteiger partial charge in [0.1, 0.15) is 5.82 Å². The average molecular weight is 480 g/mol. The highest BCUT2D eigenvalue weighted by Gasteiger charge is 2.46. The number of H-pyrrole nitrogens is 1. The van der Waals surface area contributed by atoms with Gasteiger partial charge in [0.25, 0.3) is 0 Å². The number of halogens is 3. The molecule has 8 nitrogen and oxygen atoms in total. The molecule has 186 valence electrons. The molecule has 0 unspecified atom stereocenters. The molecule has 34 heavy (non-hydrogen) atoms. The van der Waals surface area contributed by atoms with Crippen molar-refractivity contribution in [3.63, 3.8) is 0 Å². The topological polar surface area (TPSA) is 82.2 Å². The average Bonchev–Trinajstić information content (AvgIpc) is 3.56. The van der Waals surface area contributed by atoms with Gasteiger partial charge < -0.3 is 15.0 Å². The largest absolute Gasteiger partial charge is 0.382 e. The van der Waals surface area contributed by atoms with Gasteiger partial charge in [0.05, 0.1) is 0 Å². The molecule has 0 amide bonds. The molecule has 0 aromatic carbocycles. The molecule has 2 aromatic rings. The molecule has 1 saturated heterocycles. The summed E-state index contributed by atoms with van der Waals surface area (Å²) in [5, 5.41) is 9.92. The fourth-order valence-corrected chi connectivity index (χ4v) is 4.60. The Morgan fingerprint density at radius 2 is 1.91 bits per heavy atom. The summed E-state index contributed by atoms with van der Waals surface area (Å²) in [4.78, 5) is 13.4. The molecule has 2 saturated carbocycles. The van der Waals surface area contributed by atoms with Crippen LogP contribution in [0.25, 0.3) is 0 Å². The predicted molar refractivity (Wildman–Crippen MR) is 123 cm³/mol. The minimum absolute atomic E-state index is 0.0861. The third-order valence-electron chi connectivity index (χ3n) is 6.81. The van der Waals surface area contributed by atoms with E-state index >= 15 is 4.39 Å². The second-order valence-electron chi connectivity index (χ2n) is 9.52. The number of rotatable bonds is 10. The zero-order valence-corrected chi connectivity index (χ0v) is 19.5. The van der Waals surface area contributed by atoms with E-state index in [0.717, 1.165) is 52.1 Å². The standard InChI is InChI=1S/C23H32F3N7O/c1-2-34-11-3-6-32-7-9-33(10-8-32)22-19(24)21(28-20(29-22)15-4-5-15)27-18-12-17(30-31-18)16-13-23(25,26)14-16/h12,15-16H,2-11,13-14H2,1H3,(H2,27,28,29,30,31). The fourth-order valence-electron chi connectivity index (χ4n) is 4.60. The predicted octanol–water partition coefficient (Wildman–Crippen LogP) is 4.02. The van der Waals surface area contributed by atoms with Crippen molar-refractivity contribution in [2.75, 3.05) is 56.2 Å². The second-order valence-corrected chi connectivity index (χ2v) is 9.52. The molecular formula is C23H32F3N7O. The molecule has 2 N–H and O–H groups in total. The normalized spacial score (nSPS) is 21.0. The number of nitrogens with one attached hydrogen (secondary N) is 2. The molecule has 0 bridgehead atoms. The van der Waals surface area contributed by atoms with Gasteiger partial charge in [-0.1, -0.05) is 0 Å². The number of piperazine rings is 1. The summed E-state index contributed by atoms with van der Waals surface area (Å²) in [6, 6.07) is 1.67. The molecule has 11 heteroatoms. The van der Waals surface area contributed by atoms with E-state index in [9.17, 15) is 8.78 Å². The van der Waals surface area contributed by atoms with Crippen molar-refractivity contribution >= 4 is 17.5 Å². The number of aromatic nitrogens is 4. The molecule has 2 aliphatic carbocycles. The summed E-state index contributed by atoms with van der Waals surface area (Å²) >= 11 is 0. The minimum Gasteiger partial charge on any atom is -0.382 e. The molecule has 3 heterocycles. The Morgan fingerprint density at radius 3 is 2.59 bits per heavy atom. The Morgan fingerprint density at radius 1 is 1.15 bits per heavy atom. The maximum atomic E-state index is 15.5. The summed E-state index contributed by atoms with van der Waals surface area (Å²) in [5.74, 6) is -1.69. The van der Waals surface area contributed by atoms with Crippen molar-refractivity contribution in [1.29, 1.82) is 0 Å². The quantitative estimate of drug-likeness (QED) is 0.498. The monoisotopic (exact) mass is 479 g/mol. The summed E-state index contributed by atoms with van der Waals surface area (Å²) < 4.78 is 47.4. The first-order valence-electron chi connectivity index (χ1n) is 12.2. The number of ether oxygens (including phenoxy) is 1. The lowest BCUT2D eigenvalue weighted by atomic mass is 9.79. The van der Waals surface area contributed by atoms with Crippen LogP contribution in [0.3, 0.4) is 0 Å². The van der Waals surface area contributed by atoms with E-state index in [0.29, 0.717) is 36.2 Å². The molecule has 0 spiro atoms. The first kappa shape index (κ1) is 23.3. The summed E-state index contributed by atoms with van der Waals surface area (Å²) in [7, 11) is 0. The minimum atomic E-state index is -2.61. The van der Waals surface area contributed by atoms with Gasteiger partial charge in [-0.3, -0.25) is 10.00 Å². The van der Waals surface area contributed by atoms with E-state index in [4.69, 9.17) is 4.74 Å². The molecule has 5 rings (SSSR count). The Hall–Kier alpha value is -2.40. The maximum absolute atomic E-state index is 15.5. The molecule has 0 radical (unpaired) electrons. The van der Waals surface area contributed by atoms with Crippen LogP contribution in [0.5, 0.6) is 0 Å². The van der Waals surface area contributed by atoms with E-state index in [-0.39, 0.29) is 30.5 Å². The van der Waals surface area contributed by atoms with Gasteiger partial charge in [-0.2, -0.15) is 9.49 Å². The lowest BCUT2D eigenvalue weighted by Gasteiger charge is -2.35. The molecule has 3 aliphatic rings. The van der Waals surface area contributed by atoms with Crippen LogP contribution in [0.2, 0.25) is 0 Å². The van der Waals surface area contributed by atoms with Gasteiger partial charge in [-0.05, 0) is 26.2 Å². The number of nitrogens with zero attached hydrogens (tertiary/aromatic N) is 5. The van der Waals surface area contributed by atoms with Gasteiger partial charge >= 0.3 is 0 Å². The van der Waals surface area contributed by atoms with Crippen LogP contribution in [-0.4, -0.2) is 76.9 Å². The van der Waals surface area contributed by atoms with E-state index in [1.807, 2.05) is 11.8 Å². The first-order chi connectivity index (χ1) is 16.4. The van der Waals surface area contributed by atoms with E-state index in [2.05, 4.69) is 30.4 Å². The highest BCUT2D eigenvalue weighted by Crippen LogP contribution is 2.48. The van der Waals surface area contributed by atoms with E-state index in [1.165, 1.54) is 0 Å². The summed E-state index contributed by atoms with van der Waals surface area (Å²) in [6.45, 7) is 7.51. The van der Waals surface area contributed by atoms with Crippen molar-refractivity contribution in [2.45, 2.75) is 56.8 Å². The van der Waals surface area contributed by atoms with Crippen LogP contribution in [0.4, 0.5) is 30.6 Å². The van der Waals surface area contributed by atoms with Crippen LogP contribution in [0, 0.1) is 5.82 Å². The smallest absolute Gasteiger partial charge is 0.249 e. The number of anilines is 3. The Balaban J connectivity index is 1.26. The van der Waals surface area contributed by atoms with Crippen molar-refractivity contribution < 1.29 is 17.9 Å². The van der Waals surface area contributed by atoms with E-state index in [1.54, 1.807) is 6.07 Å². The van der Waals surface area contributed by atoms with Crippen molar-refractivity contribution in [2.24, 2.45) is 0 Å². The highest BCUT2D eigenvalue weighted by molar-refractivity contribution is 5.59. The summed E-state index contributed by atoms with van der Waals surface area (Å²) in [6.07, 6.45) is 2.61. The number of alkyl halides is 2. The van der Waals surface area contributed by atoms with Crippen LogP contribution in [0.15, 0.2) is 6.07 Å². The molecule has 1 aliphatic heterocycles. The van der Waals surface area contributed by atoms with Crippen molar-refractivity contribution in [3.05, 3.63) is 23.4 Å². The SMILES string of the molecule is CCOCCCN1CCN(c2nc(C3CC3)nc(Nc3cc(C4CC(F)(F)C4)[nH]n3)c2F)CC1. The lowest BCUT2D eigenvalue weighted by molar-refractivity contribution is -0.0876. The van der Waals surface area contributed by atoms with E-state index < -0.39 is 11.7 Å². The van der Waals surface area contributed by atoms with Crippen molar-refractivity contribution in [1.82, 2.24) is 25.1 Å². The zero-order chi connectivity index (χ0) is 23.7. The fraction of sp³-hybridized carbons (Fsp3) is 0.696. The lowest BCUT2D eigenvalue weighted by Crippen LogP contribution is -2.47. The number of hydrogen-bond donors (Lipinski definition) is 2. The summed E-state index contributed by atoms with van der Waals surface area (Å²) in [5.41, 5.74) is 0.631. The zero-order valence-electron chi connectivity index (χ0n) is 19.5. The first-order valence-corrected chi connectivity index (χ1v) is 12.2. The van der Waals surface area contributed by atoms with Gasteiger partial charge in [-0.15, -0.1) is 0 Å². The van der Waals surface area contributed by atoms with Gasteiger partial charge in [0.15, 0.2) is 17.5 Å². The van der Waals surface area contributed by atoms with Gasteiger partial charge in [0.2, 0.25) is 11.7 Å².